The van der Waals surface area contributed by atoms with Crippen LogP contribution in [0.5, 0.6) is 0 Å². The molecule has 184 valence electrons. The summed E-state index contributed by atoms with van der Waals surface area (Å²) in [6, 6.07) is 11.5. The van der Waals surface area contributed by atoms with E-state index in [1.165, 1.54) is 18.4 Å². The molecular weight excluding hydrogens is 471 g/mol. The zero-order valence-electron chi connectivity index (χ0n) is 19.5. The van der Waals surface area contributed by atoms with Crippen molar-refractivity contribution in [2.45, 2.75) is 31.7 Å². The van der Waals surface area contributed by atoms with Gasteiger partial charge in [0.05, 0.1) is 18.8 Å². The Labute approximate surface area is 206 Å². The van der Waals surface area contributed by atoms with Crippen LogP contribution >= 0.6 is 11.3 Å². The number of hydrogen-bond donors (Lipinski definition) is 2. The normalized spacial score (nSPS) is 18.9. The van der Waals surface area contributed by atoms with E-state index >= 15 is 0 Å². The van der Waals surface area contributed by atoms with E-state index in [0.717, 1.165) is 36.7 Å². The quantitative estimate of drug-likeness (QED) is 0.485. The molecule has 1 aromatic carbocycles. The lowest BCUT2D eigenvalue weighted by Crippen LogP contribution is -2.48. The fraction of sp³-hybridized carbons (Fsp3) is 0.435. The third-order valence-electron chi connectivity index (χ3n) is 6.13. The molecule has 0 aliphatic carbocycles. The van der Waals surface area contributed by atoms with Crippen molar-refractivity contribution in [3.05, 3.63) is 47.7 Å². The van der Waals surface area contributed by atoms with Crippen LogP contribution in [0.15, 0.2) is 36.4 Å². The van der Waals surface area contributed by atoms with Crippen molar-refractivity contribution in [3.63, 3.8) is 0 Å². The molecule has 5 rings (SSSR count). The summed E-state index contributed by atoms with van der Waals surface area (Å²) in [6.45, 7) is 4.30. The second-order valence-electron chi connectivity index (χ2n) is 8.72. The van der Waals surface area contributed by atoms with Crippen molar-refractivity contribution in [1.29, 1.82) is 0 Å². The topological polar surface area (TPSA) is 108 Å². The largest absolute Gasteiger partial charge is 0.367 e. The van der Waals surface area contributed by atoms with Gasteiger partial charge in [-0.3, -0.25) is 10.1 Å². The van der Waals surface area contributed by atoms with E-state index in [4.69, 9.17) is 4.74 Å². The lowest BCUT2D eigenvalue weighted by molar-refractivity contribution is -0.126. The summed E-state index contributed by atoms with van der Waals surface area (Å²) in [7, 11) is 1.48. The first-order valence-electron chi connectivity index (χ1n) is 11.5. The van der Waals surface area contributed by atoms with Gasteiger partial charge in [-0.05, 0) is 43.2 Å². The summed E-state index contributed by atoms with van der Waals surface area (Å²) in [6.07, 6.45) is -0.695. The van der Waals surface area contributed by atoms with Gasteiger partial charge in [-0.15, -0.1) is 15.3 Å². The fourth-order valence-electron chi connectivity index (χ4n) is 4.24. The first kappa shape index (κ1) is 23.4. The Balaban J connectivity index is 1.17. The molecule has 2 saturated heterocycles. The first-order chi connectivity index (χ1) is 17.0. The molecule has 0 saturated carbocycles. The number of aryl methyl sites for hydroxylation is 1. The summed E-state index contributed by atoms with van der Waals surface area (Å²) < 4.78 is 18.7. The SMILES string of the molecule is CO[C@@H](C(=O)Nc1nnc(N[C@@H]2CCN(c3ccc(C)nn3)C2)s1)c1cccc(N2CC(F)C2)c1. The summed E-state index contributed by atoms with van der Waals surface area (Å²) in [5.74, 6) is 0.516. The molecule has 2 aromatic heterocycles. The molecule has 2 aliphatic heterocycles. The van der Waals surface area contributed by atoms with Crippen LogP contribution in [0, 0.1) is 6.92 Å². The molecule has 35 heavy (non-hydrogen) atoms. The maximum Gasteiger partial charge on any atom is 0.259 e. The molecule has 1 amide bonds. The monoisotopic (exact) mass is 498 g/mol. The van der Waals surface area contributed by atoms with Gasteiger partial charge in [0.2, 0.25) is 10.3 Å². The number of anilines is 4. The van der Waals surface area contributed by atoms with Gasteiger partial charge in [-0.25, -0.2) is 4.39 Å². The Bertz CT molecular complexity index is 1170. The van der Waals surface area contributed by atoms with Crippen LogP contribution in [0.25, 0.3) is 0 Å². The number of alkyl halides is 1. The molecule has 2 N–H and O–H groups in total. The molecule has 2 aliphatic rings. The number of ether oxygens (including phenoxy) is 1. The van der Waals surface area contributed by atoms with Crippen molar-refractivity contribution in [1.82, 2.24) is 20.4 Å². The number of methoxy groups -OCH3 is 1. The summed E-state index contributed by atoms with van der Waals surface area (Å²) in [5.41, 5.74) is 2.45. The van der Waals surface area contributed by atoms with E-state index in [1.807, 2.05) is 48.2 Å². The van der Waals surface area contributed by atoms with Gasteiger partial charge in [0.1, 0.15) is 6.17 Å². The number of aromatic nitrogens is 4. The highest BCUT2D eigenvalue weighted by Gasteiger charge is 2.28. The third-order valence-corrected chi connectivity index (χ3v) is 6.90. The van der Waals surface area contributed by atoms with Gasteiger partial charge < -0.3 is 19.9 Å². The van der Waals surface area contributed by atoms with Crippen LogP contribution in [0.2, 0.25) is 0 Å². The van der Waals surface area contributed by atoms with Crippen LogP contribution < -0.4 is 20.4 Å². The minimum absolute atomic E-state index is 0.189. The van der Waals surface area contributed by atoms with E-state index in [0.29, 0.717) is 28.9 Å². The van der Waals surface area contributed by atoms with Gasteiger partial charge in [-0.1, -0.05) is 23.5 Å². The highest BCUT2D eigenvalue weighted by Crippen LogP contribution is 2.29. The molecule has 3 aromatic rings. The number of carbonyl (C=O) groups excluding carboxylic acids is 1. The first-order valence-corrected chi connectivity index (χ1v) is 12.3. The van der Waals surface area contributed by atoms with Crippen molar-refractivity contribution in [2.75, 3.05) is 53.7 Å². The van der Waals surface area contributed by atoms with Crippen molar-refractivity contribution >= 4 is 39.0 Å². The summed E-state index contributed by atoms with van der Waals surface area (Å²) in [5, 5.41) is 23.9. The molecule has 12 heteroatoms. The summed E-state index contributed by atoms with van der Waals surface area (Å²) >= 11 is 1.27. The van der Waals surface area contributed by atoms with E-state index in [9.17, 15) is 9.18 Å². The molecule has 0 spiro atoms. The number of benzene rings is 1. The number of nitrogens with zero attached hydrogens (tertiary/aromatic N) is 6. The predicted molar refractivity (Wildman–Crippen MR) is 133 cm³/mol. The van der Waals surface area contributed by atoms with Gasteiger partial charge in [0.25, 0.3) is 5.91 Å². The highest BCUT2D eigenvalue weighted by atomic mass is 32.1. The molecule has 0 bridgehead atoms. The van der Waals surface area contributed by atoms with Crippen molar-refractivity contribution in [3.8, 4) is 0 Å². The zero-order valence-corrected chi connectivity index (χ0v) is 20.3. The maximum atomic E-state index is 13.2. The average Bonchev–Trinajstić information content (AvgIpc) is 3.48. The molecule has 0 radical (unpaired) electrons. The van der Waals surface area contributed by atoms with Gasteiger partial charge in [0, 0.05) is 31.9 Å². The Hall–Kier alpha value is -3.38. The highest BCUT2D eigenvalue weighted by molar-refractivity contribution is 7.19. The van der Waals surface area contributed by atoms with Crippen LogP contribution in [0.4, 0.5) is 26.2 Å². The van der Waals surface area contributed by atoms with Crippen LogP contribution in [0.3, 0.4) is 0 Å². The minimum atomic E-state index is -0.822. The van der Waals surface area contributed by atoms with Crippen molar-refractivity contribution in [2.24, 2.45) is 0 Å². The second-order valence-corrected chi connectivity index (χ2v) is 9.70. The predicted octanol–water partition coefficient (Wildman–Crippen LogP) is 2.81. The van der Waals surface area contributed by atoms with E-state index in [2.05, 4.69) is 35.9 Å². The molecule has 10 nitrogen and oxygen atoms in total. The van der Waals surface area contributed by atoms with Crippen LogP contribution in [-0.2, 0) is 9.53 Å². The third kappa shape index (κ3) is 5.33. The lowest BCUT2D eigenvalue weighted by atomic mass is 10.1. The molecule has 4 heterocycles. The molecule has 2 atom stereocenters. The van der Waals surface area contributed by atoms with E-state index < -0.39 is 12.3 Å². The number of nitrogens with one attached hydrogen (secondary N) is 2. The van der Waals surface area contributed by atoms with Crippen molar-refractivity contribution < 1.29 is 13.9 Å². The van der Waals surface area contributed by atoms with Crippen LogP contribution in [-0.4, -0.2) is 71.8 Å². The molecular formula is C23H27FN8O2S. The van der Waals surface area contributed by atoms with E-state index in [-0.39, 0.29) is 11.9 Å². The van der Waals surface area contributed by atoms with Gasteiger partial charge in [-0.2, -0.15) is 5.10 Å². The molecule has 2 fully saturated rings. The zero-order chi connectivity index (χ0) is 24.4. The lowest BCUT2D eigenvalue weighted by Gasteiger charge is -2.36. The minimum Gasteiger partial charge on any atom is -0.367 e. The van der Waals surface area contributed by atoms with Crippen LogP contribution in [0.1, 0.15) is 23.8 Å². The average molecular weight is 499 g/mol. The van der Waals surface area contributed by atoms with E-state index in [1.54, 1.807) is 0 Å². The number of amides is 1. The summed E-state index contributed by atoms with van der Waals surface area (Å²) in [4.78, 5) is 17.0. The Morgan fingerprint density at radius 3 is 2.69 bits per heavy atom. The molecule has 0 unspecified atom stereocenters. The van der Waals surface area contributed by atoms with Gasteiger partial charge >= 0.3 is 0 Å². The Morgan fingerprint density at radius 1 is 1.11 bits per heavy atom. The number of halogens is 1. The fourth-order valence-corrected chi connectivity index (χ4v) is 4.96. The standard InChI is InChI=1S/C23H27FN8O2S/c1-14-6-7-19(28-27-14)31-9-8-17(13-31)25-22-29-30-23(35-22)26-21(33)20(34-2)15-4-3-5-18(10-15)32-11-16(24)12-32/h3-7,10,16-17,20H,8-9,11-13H2,1-2H3,(H,25,29)(H,26,30,33)/t17-,20-/m1/s1. The number of rotatable bonds is 8. The maximum absolute atomic E-state index is 13.2. The van der Waals surface area contributed by atoms with Gasteiger partial charge in [0.15, 0.2) is 11.9 Å². The Morgan fingerprint density at radius 2 is 1.94 bits per heavy atom. The second kappa shape index (κ2) is 10.1. The number of hydrogen-bond acceptors (Lipinski definition) is 10. The number of carbonyl (C=O) groups is 1. The Kier molecular flexibility index (Phi) is 6.73. The smallest absolute Gasteiger partial charge is 0.259 e.